The van der Waals surface area contributed by atoms with E-state index in [4.69, 9.17) is 21.0 Å². The molecule has 0 amide bonds. The Kier molecular flexibility index (Phi) is 4.09. The molecule has 3 aromatic heterocycles. The van der Waals surface area contributed by atoms with Crippen molar-refractivity contribution in [1.29, 1.82) is 5.26 Å². The number of H-pyrrole nitrogens is 1. The summed E-state index contributed by atoms with van der Waals surface area (Å²) in [6, 6.07) is 12.5. The molecule has 8 heteroatoms. The minimum absolute atomic E-state index is 0.208. The average Bonchev–Trinajstić information content (AvgIpc) is 3.23. The van der Waals surface area contributed by atoms with Crippen LogP contribution in [0.5, 0.6) is 0 Å². The highest BCUT2D eigenvalue weighted by Crippen LogP contribution is 2.36. The van der Waals surface area contributed by atoms with Crippen LogP contribution in [0.1, 0.15) is 11.1 Å². The molecule has 7 nitrogen and oxygen atoms in total. The van der Waals surface area contributed by atoms with Crippen molar-refractivity contribution in [2.75, 3.05) is 0 Å². The highest BCUT2D eigenvalue weighted by Gasteiger charge is 2.19. The van der Waals surface area contributed by atoms with E-state index in [1.165, 1.54) is 18.7 Å². The molecule has 0 bridgehead atoms. The van der Waals surface area contributed by atoms with Crippen LogP contribution in [-0.2, 0) is 0 Å². The second-order valence-corrected chi connectivity index (χ2v) is 7.11. The molecule has 5 rings (SSSR count). The maximum absolute atomic E-state index is 12.4. The number of nitriles is 1. The summed E-state index contributed by atoms with van der Waals surface area (Å²) in [6.45, 7) is 1.85. The fourth-order valence-corrected chi connectivity index (χ4v) is 3.71. The van der Waals surface area contributed by atoms with Gasteiger partial charge in [-0.3, -0.25) is 4.79 Å². The Balaban J connectivity index is 1.90. The Morgan fingerprint density at radius 2 is 2.00 bits per heavy atom. The third-order valence-electron chi connectivity index (χ3n) is 4.96. The van der Waals surface area contributed by atoms with Gasteiger partial charge in [0.15, 0.2) is 23.1 Å². The Labute approximate surface area is 174 Å². The number of oxazole rings is 1. The van der Waals surface area contributed by atoms with Crippen molar-refractivity contribution in [2.45, 2.75) is 6.92 Å². The SMILES string of the molecule is Cc1c(C#N)cccc1-c1nc2[nH]ccc(=O)c2nc1-c1cc(Cl)c2ncoc2c1. The summed E-state index contributed by atoms with van der Waals surface area (Å²) in [5.41, 5.74) is 4.98. The van der Waals surface area contributed by atoms with Crippen molar-refractivity contribution in [3.8, 4) is 28.6 Å². The Bertz CT molecular complexity index is 1560. The van der Waals surface area contributed by atoms with Crippen LogP contribution in [0.2, 0.25) is 5.02 Å². The molecule has 0 spiro atoms. The first-order valence-electron chi connectivity index (χ1n) is 8.99. The van der Waals surface area contributed by atoms with Crippen LogP contribution in [0.15, 0.2) is 58.2 Å². The number of nitrogens with zero attached hydrogens (tertiary/aromatic N) is 4. The molecule has 0 aliphatic rings. The zero-order valence-corrected chi connectivity index (χ0v) is 16.4. The summed E-state index contributed by atoms with van der Waals surface area (Å²) in [4.78, 5) is 28.8. The van der Waals surface area contributed by atoms with Crippen molar-refractivity contribution >= 4 is 33.9 Å². The molecule has 0 aliphatic carbocycles. The summed E-state index contributed by atoms with van der Waals surface area (Å²) in [5, 5.41) is 9.84. The number of aromatic amines is 1. The van der Waals surface area contributed by atoms with Gasteiger partial charge in [-0.05, 0) is 30.7 Å². The van der Waals surface area contributed by atoms with Crippen molar-refractivity contribution < 1.29 is 4.42 Å². The number of aromatic nitrogens is 4. The van der Waals surface area contributed by atoms with E-state index in [1.807, 2.05) is 13.0 Å². The molecule has 0 radical (unpaired) electrons. The van der Waals surface area contributed by atoms with E-state index in [0.717, 1.165) is 11.1 Å². The largest absolute Gasteiger partial charge is 0.443 e. The summed E-state index contributed by atoms with van der Waals surface area (Å²) in [6.07, 6.45) is 2.84. The van der Waals surface area contributed by atoms with Crippen LogP contribution < -0.4 is 5.43 Å². The molecule has 0 aliphatic heterocycles. The number of benzene rings is 2. The van der Waals surface area contributed by atoms with Crippen LogP contribution in [0.3, 0.4) is 0 Å². The van der Waals surface area contributed by atoms with Crippen molar-refractivity contribution in [1.82, 2.24) is 19.9 Å². The third-order valence-corrected chi connectivity index (χ3v) is 5.24. The zero-order valence-electron chi connectivity index (χ0n) is 15.6. The standard InChI is InChI=1S/C22H12ClN5O2/c1-11-12(9-24)3-2-4-14(11)19-18(27-21-16(29)5-6-25-22(21)28-19)13-7-15(23)20-17(8-13)30-10-26-20/h2-8,10H,1H3,(H,25,28,29). The van der Waals surface area contributed by atoms with E-state index < -0.39 is 0 Å². The van der Waals surface area contributed by atoms with E-state index in [1.54, 1.807) is 24.3 Å². The van der Waals surface area contributed by atoms with Crippen molar-refractivity contribution in [3.05, 3.63) is 75.4 Å². The van der Waals surface area contributed by atoms with Crippen LogP contribution in [-0.4, -0.2) is 19.9 Å². The molecule has 2 aromatic carbocycles. The van der Waals surface area contributed by atoms with Gasteiger partial charge in [0.25, 0.3) is 0 Å². The lowest BCUT2D eigenvalue weighted by Gasteiger charge is -2.13. The topological polar surface area (TPSA) is 108 Å². The first-order chi connectivity index (χ1) is 14.6. The predicted molar refractivity (Wildman–Crippen MR) is 113 cm³/mol. The fraction of sp³-hybridized carbons (Fsp3) is 0.0455. The Morgan fingerprint density at radius 1 is 1.13 bits per heavy atom. The lowest BCUT2D eigenvalue weighted by Crippen LogP contribution is -2.07. The maximum Gasteiger partial charge on any atom is 0.209 e. The number of hydrogen-bond donors (Lipinski definition) is 1. The minimum atomic E-state index is -0.251. The molecule has 30 heavy (non-hydrogen) atoms. The van der Waals surface area contributed by atoms with Gasteiger partial charge in [-0.1, -0.05) is 23.7 Å². The molecule has 0 atom stereocenters. The Morgan fingerprint density at radius 3 is 2.83 bits per heavy atom. The first-order valence-corrected chi connectivity index (χ1v) is 9.37. The van der Waals surface area contributed by atoms with E-state index in [2.05, 4.69) is 21.0 Å². The number of halogens is 1. The molecule has 0 saturated heterocycles. The first kappa shape index (κ1) is 18.0. The van der Waals surface area contributed by atoms with Gasteiger partial charge in [0, 0.05) is 23.4 Å². The normalized spacial score (nSPS) is 11.1. The monoisotopic (exact) mass is 413 g/mol. The highest BCUT2D eigenvalue weighted by atomic mass is 35.5. The molecule has 5 aromatic rings. The second kappa shape index (κ2) is 6.79. The quantitative estimate of drug-likeness (QED) is 0.452. The molecule has 0 fully saturated rings. The van der Waals surface area contributed by atoms with Gasteiger partial charge in [0.1, 0.15) is 5.52 Å². The van der Waals surface area contributed by atoms with E-state index in [0.29, 0.717) is 44.3 Å². The molecular weight excluding hydrogens is 402 g/mol. The zero-order chi connectivity index (χ0) is 20.8. The smallest absolute Gasteiger partial charge is 0.209 e. The van der Waals surface area contributed by atoms with Crippen LogP contribution in [0.4, 0.5) is 0 Å². The summed E-state index contributed by atoms with van der Waals surface area (Å²) in [5.74, 6) is 0. The average molecular weight is 414 g/mol. The fourth-order valence-electron chi connectivity index (χ4n) is 3.45. The van der Waals surface area contributed by atoms with Gasteiger partial charge in [0.2, 0.25) is 5.43 Å². The molecule has 144 valence electrons. The van der Waals surface area contributed by atoms with Crippen molar-refractivity contribution in [3.63, 3.8) is 0 Å². The van der Waals surface area contributed by atoms with E-state index >= 15 is 0 Å². The molecule has 0 saturated carbocycles. The van der Waals surface area contributed by atoms with E-state index in [9.17, 15) is 10.1 Å². The van der Waals surface area contributed by atoms with Gasteiger partial charge in [0.05, 0.1) is 28.0 Å². The van der Waals surface area contributed by atoms with Gasteiger partial charge in [-0.15, -0.1) is 0 Å². The highest BCUT2D eigenvalue weighted by molar-refractivity contribution is 6.35. The summed E-state index contributed by atoms with van der Waals surface area (Å²) in [7, 11) is 0. The summed E-state index contributed by atoms with van der Waals surface area (Å²) >= 11 is 6.40. The van der Waals surface area contributed by atoms with Crippen LogP contribution in [0.25, 0.3) is 44.8 Å². The number of pyridine rings is 1. The Hall–Kier alpha value is -4.02. The van der Waals surface area contributed by atoms with Gasteiger partial charge in [-0.25, -0.2) is 15.0 Å². The number of fused-ring (bicyclic) bond motifs is 2. The molecule has 1 N–H and O–H groups in total. The lowest BCUT2D eigenvalue weighted by atomic mass is 9.97. The number of hydrogen-bond acceptors (Lipinski definition) is 6. The lowest BCUT2D eigenvalue weighted by molar-refractivity contribution is 0.602. The maximum atomic E-state index is 12.4. The molecule has 3 heterocycles. The predicted octanol–water partition coefficient (Wildman–Crippen LogP) is 4.63. The van der Waals surface area contributed by atoms with E-state index in [-0.39, 0.29) is 10.9 Å². The van der Waals surface area contributed by atoms with Gasteiger partial charge >= 0.3 is 0 Å². The second-order valence-electron chi connectivity index (χ2n) is 6.71. The minimum Gasteiger partial charge on any atom is -0.443 e. The summed E-state index contributed by atoms with van der Waals surface area (Å²) < 4.78 is 5.42. The molecule has 0 unspecified atom stereocenters. The third kappa shape index (κ3) is 2.74. The number of rotatable bonds is 2. The number of nitrogens with one attached hydrogen (secondary N) is 1. The van der Waals surface area contributed by atoms with Crippen molar-refractivity contribution in [2.24, 2.45) is 0 Å². The van der Waals surface area contributed by atoms with Gasteiger partial charge in [-0.2, -0.15) is 5.26 Å². The molecular formula is C22H12ClN5O2. The van der Waals surface area contributed by atoms with Crippen LogP contribution in [0, 0.1) is 18.3 Å². The van der Waals surface area contributed by atoms with Gasteiger partial charge < -0.3 is 9.40 Å². The van der Waals surface area contributed by atoms with Crippen LogP contribution >= 0.6 is 11.6 Å².